The molecular weight excluding hydrogens is 558 g/mol. The number of piperidine rings is 2. The molecule has 218 valence electrons. The van der Waals surface area contributed by atoms with Gasteiger partial charge in [-0.05, 0) is 55.5 Å². The molecule has 10 nitrogen and oxygen atoms in total. The van der Waals surface area contributed by atoms with Crippen LogP contribution in [0.5, 0.6) is 5.75 Å². The third-order valence-electron chi connectivity index (χ3n) is 9.13. The summed E-state index contributed by atoms with van der Waals surface area (Å²) >= 11 is 6.03. The lowest BCUT2D eigenvalue weighted by Crippen LogP contribution is -2.59. The van der Waals surface area contributed by atoms with Crippen molar-refractivity contribution in [1.29, 1.82) is 5.26 Å². The first-order chi connectivity index (χ1) is 20.3. The van der Waals surface area contributed by atoms with E-state index in [4.69, 9.17) is 16.3 Å². The maximum absolute atomic E-state index is 13.4. The number of nitrogens with zero attached hydrogens (tertiary/aromatic N) is 4. The van der Waals surface area contributed by atoms with Gasteiger partial charge in [0.2, 0.25) is 17.7 Å². The average Bonchev–Trinajstić information content (AvgIpc) is 3.31. The van der Waals surface area contributed by atoms with Crippen LogP contribution in [0.25, 0.3) is 0 Å². The molecule has 2 aromatic carbocycles. The van der Waals surface area contributed by atoms with Gasteiger partial charge >= 0.3 is 0 Å². The van der Waals surface area contributed by atoms with E-state index in [0.717, 1.165) is 24.1 Å². The van der Waals surface area contributed by atoms with Crippen molar-refractivity contribution in [3.8, 4) is 11.8 Å². The van der Waals surface area contributed by atoms with Crippen LogP contribution in [0, 0.1) is 11.3 Å². The summed E-state index contributed by atoms with van der Waals surface area (Å²) < 4.78 is 6.11. The minimum Gasteiger partial charge on any atom is -0.492 e. The molecule has 2 unspecified atom stereocenters. The Morgan fingerprint density at radius 3 is 2.50 bits per heavy atom. The maximum atomic E-state index is 13.4. The number of carbonyl (C=O) groups excluding carboxylic acids is 4. The highest BCUT2D eigenvalue weighted by Gasteiger charge is 2.43. The first-order valence-electron chi connectivity index (χ1n) is 14.4. The molecule has 4 aliphatic heterocycles. The number of fused-ring (bicyclic) bond motifs is 1. The molecule has 0 spiro atoms. The molecule has 11 heteroatoms. The predicted octanol–water partition coefficient (Wildman–Crippen LogP) is 2.64. The number of imide groups is 1. The van der Waals surface area contributed by atoms with Crippen LogP contribution < -0.4 is 10.1 Å². The molecule has 1 N–H and O–H groups in total. The second kappa shape index (κ2) is 11.4. The first-order valence-corrected chi connectivity index (χ1v) is 14.8. The van der Waals surface area contributed by atoms with Gasteiger partial charge in [-0.15, -0.1) is 0 Å². The van der Waals surface area contributed by atoms with Crippen LogP contribution >= 0.6 is 11.6 Å². The average molecular weight is 590 g/mol. The van der Waals surface area contributed by atoms with Crippen molar-refractivity contribution in [3.05, 3.63) is 64.2 Å². The van der Waals surface area contributed by atoms with Gasteiger partial charge in [0.15, 0.2) is 0 Å². The zero-order valence-electron chi connectivity index (χ0n) is 23.2. The van der Waals surface area contributed by atoms with Crippen molar-refractivity contribution < 1.29 is 23.9 Å². The highest BCUT2D eigenvalue weighted by molar-refractivity contribution is 6.30. The first kappa shape index (κ1) is 28.2. The molecule has 0 aliphatic carbocycles. The van der Waals surface area contributed by atoms with Crippen molar-refractivity contribution in [3.63, 3.8) is 0 Å². The standard InChI is InChI=1S/C31H32ClN5O5/c32-21-6-4-20(5-7-21)31(19-33)11-14-36(15-12-31)30(41)25-10-13-35(25)16-17-42-26-3-1-2-22-23(26)18-37(29(22)40)24-8-9-27(38)34-28(24)39/h1-7,24-25H,8-18H2,(H,34,38,39). The van der Waals surface area contributed by atoms with Crippen LogP contribution in [0.15, 0.2) is 42.5 Å². The lowest BCUT2D eigenvalue weighted by Gasteiger charge is -2.44. The Hall–Kier alpha value is -3.94. The largest absolute Gasteiger partial charge is 0.492 e. The number of carbonyl (C=O) groups is 4. The molecule has 3 fully saturated rings. The van der Waals surface area contributed by atoms with Crippen LogP contribution in [0.1, 0.15) is 53.6 Å². The lowest BCUT2D eigenvalue weighted by atomic mass is 9.74. The van der Waals surface area contributed by atoms with Crippen LogP contribution in [-0.2, 0) is 26.3 Å². The van der Waals surface area contributed by atoms with Crippen LogP contribution in [0.3, 0.4) is 0 Å². The summed E-state index contributed by atoms with van der Waals surface area (Å²) in [6.45, 7) is 3.02. The Labute approximate surface area is 249 Å². The minimum atomic E-state index is -0.678. The van der Waals surface area contributed by atoms with E-state index in [1.807, 2.05) is 23.1 Å². The van der Waals surface area contributed by atoms with E-state index in [0.29, 0.717) is 61.8 Å². The van der Waals surface area contributed by atoms with Gasteiger partial charge in [-0.3, -0.25) is 29.4 Å². The fraction of sp³-hybridized carbons (Fsp3) is 0.452. The molecule has 2 atom stereocenters. The number of rotatable bonds is 7. The van der Waals surface area contributed by atoms with Crippen molar-refractivity contribution in [1.82, 2.24) is 20.0 Å². The maximum Gasteiger partial charge on any atom is 0.255 e. The van der Waals surface area contributed by atoms with Gasteiger partial charge in [0, 0.05) is 48.7 Å². The summed E-state index contributed by atoms with van der Waals surface area (Å²) in [5, 5.41) is 13.0. The molecule has 0 bridgehead atoms. The number of hydrogen-bond acceptors (Lipinski definition) is 7. The molecule has 0 aromatic heterocycles. The summed E-state index contributed by atoms with van der Waals surface area (Å²) in [5.41, 5.74) is 1.57. The number of ether oxygens (including phenoxy) is 1. The highest BCUT2D eigenvalue weighted by Crippen LogP contribution is 2.37. The van der Waals surface area contributed by atoms with Gasteiger partial charge in [-0.25, -0.2) is 0 Å². The third-order valence-corrected chi connectivity index (χ3v) is 9.38. The monoisotopic (exact) mass is 589 g/mol. The molecule has 6 rings (SSSR count). The third kappa shape index (κ3) is 5.12. The molecule has 4 aliphatic rings. The molecular formula is C31H32ClN5O5. The van der Waals surface area contributed by atoms with E-state index >= 15 is 0 Å². The smallest absolute Gasteiger partial charge is 0.255 e. The van der Waals surface area contributed by atoms with Crippen molar-refractivity contribution >= 4 is 35.2 Å². The molecule has 42 heavy (non-hydrogen) atoms. The number of hydrogen-bond donors (Lipinski definition) is 1. The Bertz CT molecular complexity index is 1460. The minimum absolute atomic E-state index is 0.0926. The second-order valence-electron chi connectivity index (χ2n) is 11.4. The Balaban J connectivity index is 1.02. The SMILES string of the molecule is N#CC1(c2ccc(Cl)cc2)CCN(C(=O)C2CCN2CCOc2cccc3c2CN(C2CCC(=O)NC2=O)C3=O)CC1. The number of nitriles is 1. The Kier molecular flexibility index (Phi) is 7.64. The normalized spacial score (nSPS) is 23.6. The van der Waals surface area contributed by atoms with E-state index in [1.54, 1.807) is 24.3 Å². The fourth-order valence-corrected chi connectivity index (χ4v) is 6.63. The summed E-state index contributed by atoms with van der Waals surface area (Å²) in [7, 11) is 0. The number of likely N-dealkylation sites (tertiary alicyclic amines) is 2. The predicted molar refractivity (Wildman–Crippen MR) is 153 cm³/mol. The van der Waals surface area contributed by atoms with Gasteiger partial charge < -0.3 is 14.5 Å². The summed E-state index contributed by atoms with van der Waals surface area (Å²) in [5.74, 6) is -0.322. The summed E-state index contributed by atoms with van der Waals surface area (Å²) in [6, 6.07) is 14.3. The molecule has 2 aromatic rings. The molecule has 4 amide bonds. The van der Waals surface area contributed by atoms with Crippen LogP contribution in [0.2, 0.25) is 5.02 Å². The van der Waals surface area contributed by atoms with Crippen LogP contribution in [-0.4, -0.2) is 83.2 Å². The van der Waals surface area contributed by atoms with Gasteiger partial charge in [-0.1, -0.05) is 29.8 Å². The second-order valence-corrected chi connectivity index (χ2v) is 11.8. The molecule has 0 radical (unpaired) electrons. The van der Waals surface area contributed by atoms with Gasteiger partial charge in [-0.2, -0.15) is 5.26 Å². The number of halogens is 1. The van der Waals surface area contributed by atoms with Gasteiger partial charge in [0.25, 0.3) is 5.91 Å². The van der Waals surface area contributed by atoms with E-state index < -0.39 is 17.4 Å². The molecule has 4 heterocycles. The van der Waals surface area contributed by atoms with E-state index in [9.17, 15) is 24.4 Å². The van der Waals surface area contributed by atoms with E-state index in [1.165, 1.54) is 4.90 Å². The summed E-state index contributed by atoms with van der Waals surface area (Å²) in [6.07, 6.45) is 2.46. The summed E-state index contributed by atoms with van der Waals surface area (Å²) in [4.78, 5) is 55.9. The zero-order valence-corrected chi connectivity index (χ0v) is 23.9. The fourth-order valence-electron chi connectivity index (χ4n) is 6.51. The highest BCUT2D eigenvalue weighted by atomic mass is 35.5. The number of benzene rings is 2. The quantitative estimate of drug-likeness (QED) is 0.493. The van der Waals surface area contributed by atoms with Crippen LogP contribution in [0.4, 0.5) is 0 Å². The number of nitrogens with one attached hydrogen (secondary N) is 1. The van der Waals surface area contributed by atoms with Gasteiger partial charge in [0.05, 0.1) is 24.1 Å². The van der Waals surface area contributed by atoms with Crippen molar-refractivity contribution in [2.45, 2.75) is 56.1 Å². The zero-order chi connectivity index (χ0) is 29.4. The topological polar surface area (TPSA) is 123 Å². The molecule has 0 saturated carbocycles. The lowest BCUT2D eigenvalue weighted by molar-refractivity contribution is -0.143. The Morgan fingerprint density at radius 2 is 1.83 bits per heavy atom. The Morgan fingerprint density at radius 1 is 1.07 bits per heavy atom. The van der Waals surface area contributed by atoms with Crippen molar-refractivity contribution in [2.75, 3.05) is 32.8 Å². The molecule has 3 saturated heterocycles. The van der Waals surface area contributed by atoms with Gasteiger partial charge in [0.1, 0.15) is 18.4 Å². The van der Waals surface area contributed by atoms with E-state index in [2.05, 4.69) is 16.3 Å². The van der Waals surface area contributed by atoms with Crippen molar-refractivity contribution in [2.24, 2.45) is 0 Å². The number of amides is 4. The van der Waals surface area contributed by atoms with E-state index in [-0.39, 0.29) is 36.7 Å².